The first-order valence-electron chi connectivity index (χ1n) is 6.40. The number of hydrogen-bond acceptors (Lipinski definition) is 5. The molecule has 0 amide bonds. The van der Waals surface area contributed by atoms with Crippen molar-refractivity contribution in [2.24, 2.45) is 0 Å². The van der Waals surface area contributed by atoms with E-state index in [-0.39, 0.29) is 5.56 Å². The monoisotopic (exact) mass is 299 g/mol. The molecule has 0 saturated carbocycles. The van der Waals surface area contributed by atoms with Crippen molar-refractivity contribution in [3.05, 3.63) is 52.7 Å². The molecule has 0 aliphatic heterocycles. The number of anilines is 1. The first-order valence-corrected chi connectivity index (χ1v) is 7.28. The van der Waals surface area contributed by atoms with Gasteiger partial charge in [-0.3, -0.25) is 0 Å². The number of aryl methyl sites for hydroxylation is 1. The lowest BCUT2D eigenvalue weighted by molar-refractivity contribution is 0.0697. The molecule has 0 aliphatic carbocycles. The molecular formula is C15H13N3O2S. The van der Waals surface area contributed by atoms with E-state index in [0.29, 0.717) is 6.54 Å². The van der Waals surface area contributed by atoms with Crippen molar-refractivity contribution < 1.29 is 9.90 Å². The molecule has 0 radical (unpaired) electrons. The minimum Gasteiger partial charge on any atom is -0.478 e. The van der Waals surface area contributed by atoms with E-state index in [9.17, 15) is 4.79 Å². The fourth-order valence-electron chi connectivity index (χ4n) is 2.05. The zero-order valence-corrected chi connectivity index (χ0v) is 12.1. The third-order valence-electron chi connectivity index (χ3n) is 3.19. The van der Waals surface area contributed by atoms with Crippen LogP contribution in [0.3, 0.4) is 0 Å². The fourth-order valence-corrected chi connectivity index (χ4v) is 3.01. The minimum absolute atomic E-state index is 0.289. The Balaban J connectivity index is 1.78. The van der Waals surface area contributed by atoms with Gasteiger partial charge < -0.3 is 10.4 Å². The molecule has 0 bridgehead atoms. The van der Waals surface area contributed by atoms with Gasteiger partial charge >= 0.3 is 5.97 Å². The standard InChI is InChI=1S/C15H13N3O2S/c1-9-7-21-13-12(9)17-8-18-14(13)16-6-10-2-4-11(5-3-10)15(19)20/h2-5,7-8H,6H2,1H3,(H,19,20)(H,16,17,18). The Kier molecular flexibility index (Phi) is 3.53. The quantitative estimate of drug-likeness (QED) is 0.773. The lowest BCUT2D eigenvalue weighted by Crippen LogP contribution is -2.03. The van der Waals surface area contributed by atoms with Crippen LogP contribution in [0.4, 0.5) is 5.82 Å². The highest BCUT2D eigenvalue weighted by Crippen LogP contribution is 2.28. The molecule has 6 heteroatoms. The molecule has 0 atom stereocenters. The smallest absolute Gasteiger partial charge is 0.335 e. The average molecular weight is 299 g/mol. The summed E-state index contributed by atoms with van der Waals surface area (Å²) in [6.07, 6.45) is 1.55. The molecule has 3 rings (SSSR count). The van der Waals surface area contributed by atoms with Gasteiger partial charge in [-0.15, -0.1) is 11.3 Å². The molecular weight excluding hydrogens is 286 g/mol. The molecule has 2 aromatic heterocycles. The van der Waals surface area contributed by atoms with Crippen LogP contribution in [-0.2, 0) is 6.54 Å². The van der Waals surface area contributed by atoms with E-state index >= 15 is 0 Å². The summed E-state index contributed by atoms with van der Waals surface area (Å²) in [5, 5.41) is 14.2. The molecule has 106 valence electrons. The Morgan fingerprint density at radius 3 is 2.76 bits per heavy atom. The Morgan fingerprint density at radius 2 is 2.05 bits per heavy atom. The third kappa shape index (κ3) is 2.71. The Bertz CT molecular complexity index is 796. The molecule has 3 aromatic rings. The number of aromatic nitrogens is 2. The number of nitrogens with one attached hydrogen (secondary N) is 1. The van der Waals surface area contributed by atoms with Crippen LogP contribution in [0, 0.1) is 6.92 Å². The number of benzene rings is 1. The van der Waals surface area contributed by atoms with Gasteiger partial charge in [0.2, 0.25) is 0 Å². The Hall–Kier alpha value is -2.47. The summed E-state index contributed by atoms with van der Waals surface area (Å²) < 4.78 is 1.04. The second-order valence-corrected chi connectivity index (χ2v) is 5.55. The number of carbonyl (C=O) groups is 1. The maximum absolute atomic E-state index is 10.8. The van der Waals surface area contributed by atoms with Crippen LogP contribution >= 0.6 is 11.3 Å². The summed E-state index contributed by atoms with van der Waals surface area (Å²) in [4.78, 5) is 19.4. The van der Waals surface area contributed by atoms with Gasteiger partial charge in [-0.1, -0.05) is 12.1 Å². The van der Waals surface area contributed by atoms with E-state index in [1.807, 2.05) is 6.92 Å². The average Bonchev–Trinajstić information content (AvgIpc) is 2.88. The molecule has 0 saturated heterocycles. The first-order chi connectivity index (χ1) is 10.1. The van der Waals surface area contributed by atoms with Crippen LogP contribution in [-0.4, -0.2) is 21.0 Å². The fraction of sp³-hybridized carbons (Fsp3) is 0.133. The highest BCUT2D eigenvalue weighted by Gasteiger charge is 2.08. The predicted molar refractivity (Wildman–Crippen MR) is 82.9 cm³/mol. The van der Waals surface area contributed by atoms with Crippen LogP contribution in [0.2, 0.25) is 0 Å². The van der Waals surface area contributed by atoms with Crippen molar-refractivity contribution >= 4 is 33.3 Å². The number of aromatic carboxylic acids is 1. The largest absolute Gasteiger partial charge is 0.478 e. The number of carboxylic acids is 1. The van der Waals surface area contributed by atoms with E-state index in [4.69, 9.17) is 5.11 Å². The number of fused-ring (bicyclic) bond motifs is 1. The van der Waals surface area contributed by atoms with E-state index in [1.165, 1.54) is 0 Å². The van der Waals surface area contributed by atoms with Crippen molar-refractivity contribution in [3.63, 3.8) is 0 Å². The van der Waals surface area contributed by atoms with Crippen LogP contribution in [0.15, 0.2) is 36.0 Å². The van der Waals surface area contributed by atoms with Crippen molar-refractivity contribution in [1.29, 1.82) is 0 Å². The van der Waals surface area contributed by atoms with Gasteiger partial charge in [-0.25, -0.2) is 14.8 Å². The number of rotatable bonds is 4. The van der Waals surface area contributed by atoms with E-state index in [2.05, 4.69) is 20.7 Å². The molecule has 0 fully saturated rings. The molecule has 0 unspecified atom stereocenters. The topological polar surface area (TPSA) is 75.1 Å². The number of nitrogens with zero attached hydrogens (tertiary/aromatic N) is 2. The molecule has 0 aliphatic rings. The van der Waals surface area contributed by atoms with Crippen molar-refractivity contribution in [2.75, 3.05) is 5.32 Å². The SMILES string of the molecule is Cc1csc2c(NCc3ccc(C(=O)O)cc3)ncnc12. The van der Waals surface area contributed by atoms with Gasteiger partial charge in [0, 0.05) is 6.54 Å². The van der Waals surface area contributed by atoms with Crippen molar-refractivity contribution in [3.8, 4) is 0 Å². The van der Waals surface area contributed by atoms with E-state index < -0.39 is 5.97 Å². The highest BCUT2D eigenvalue weighted by molar-refractivity contribution is 7.18. The first kappa shape index (κ1) is 13.5. The normalized spacial score (nSPS) is 10.7. The Morgan fingerprint density at radius 1 is 1.29 bits per heavy atom. The van der Waals surface area contributed by atoms with Crippen molar-refractivity contribution in [2.45, 2.75) is 13.5 Å². The van der Waals surface area contributed by atoms with Gasteiger partial charge in [0.1, 0.15) is 12.1 Å². The lowest BCUT2D eigenvalue weighted by atomic mass is 10.1. The summed E-state index contributed by atoms with van der Waals surface area (Å²) in [7, 11) is 0. The van der Waals surface area contributed by atoms with Gasteiger partial charge in [0.05, 0.1) is 15.8 Å². The van der Waals surface area contributed by atoms with Gasteiger partial charge in [-0.2, -0.15) is 0 Å². The van der Waals surface area contributed by atoms with Gasteiger partial charge in [0.25, 0.3) is 0 Å². The van der Waals surface area contributed by atoms with Crippen LogP contribution in [0.25, 0.3) is 10.2 Å². The summed E-state index contributed by atoms with van der Waals surface area (Å²) in [6.45, 7) is 2.61. The lowest BCUT2D eigenvalue weighted by Gasteiger charge is -2.06. The molecule has 1 aromatic carbocycles. The molecule has 2 heterocycles. The predicted octanol–water partition coefficient (Wildman–Crippen LogP) is 3.31. The zero-order chi connectivity index (χ0) is 14.8. The summed E-state index contributed by atoms with van der Waals surface area (Å²) in [5.41, 5.74) is 3.40. The Labute approximate surface area is 125 Å². The van der Waals surface area contributed by atoms with E-state index in [0.717, 1.165) is 27.2 Å². The summed E-state index contributed by atoms with van der Waals surface area (Å²) in [5.74, 6) is -0.110. The number of carboxylic acid groups (broad SMARTS) is 1. The van der Waals surface area contributed by atoms with Crippen LogP contribution in [0.5, 0.6) is 0 Å². The van der Waals surface area contributed by atoms with Gasteiger partial charge in [-0.05, 0) is 35.6 Å². The number of hydrogen-bond donors (Lipinski definition) is 2. The third-order valence-corrected chi connectivity index (χ3v) is 4.29. The number of thiophene rings is 1. The molecule has 21 heavy (non-hydrogen) atoms. The molecule has 2 N–H and O–H groups in total. The maximum Gasteiger partial charge on any atom is 0.335 e. The van der Waals surface area contributed by atoms with E-state index in [1.54, 1.807) is 41.9 Å². The van der Waals surface area contributed by atoms with Crippen LogP contribution < -0.4 is 5.32 Å². The molecule has 5 nitrogen and oxygen atoms in total. The summed E-state index contributed by atoms with van der Waals surface area (Å²) >= 11 is 1.62. The second-order valence-electron chi connectivity index (χ2n) is 4.67. The molecule has 0 spiro atoms. The second kappa shape index (κ2) is 5.49. The maximum atomic E-state index is 10.8. The highest BCUT2D eigenvalue weighted by atomic mass is 32.1. The van der Waals surface area contributed by atoms with Crippen LogP contribution in [0.1, 0.15) is 21.5 Å². The zero-order valence-electron chi connectivity index (χ0n) is 11.3. The van der Waals surface area contributed by atoms with Gasteiger partial charge in [0.15, 0.2) is 0 Å². The minimum atomic E-state index is -0.916. The summed E-state index contributed by atoms with van der Waals surface area (Å²) in [6, 6.07) is 6.80. The van der Waals surface area contributed by atoms with Crippen molar-refractivity contribution in [1.82, 2.24) is 9.97 Å².